The molecule has 1 aromatic carbocycles. The minimum atomic E-state index is -0.0981. The fraction of sp³-hybridized carbons (Fsp3) is 0.533. The highest BCUT2D eigenvalue weighted by Gasteiger charge is 2.18. The van der Waals surface area contributed by atoms with Crippen LogP contribution < -0.4 is 5.32 Å². The predicted octanol–water partition coefficient (Wildman–Crippen LogP) is 3.05. The summed E-state index contributed by atoms with van der Waals surface area (Å²) in [6.45, 7) is 1.88. The van der Waals surface area contributed by atoms with E-state index in [9.17, 15) is 4.79 Å². The fourth-order valence-electron chi connectivity index (χ4n) is 2.29. The van der Waals surface area contributed by atoms with Gasteiger partial charge in [0.1, 0.15) is 0 Å². The molecule has 4 nitrogen and oxygen atoms in total. The van der Waals surface area contributed by atoms with Crippen LogP contribution in [-0.4, -0.2) is 37.2 Å². The lowest BCUT2D eigenvalue weighted by Gasteiger charge is -2.27. The van der Waals surface area contributed by atoms with Crippen LogP contribution in [0.3, 0.4) is 0 Å². The minimum Gasteiger partial charge on any atom is -0.376 e. The molecule has 110 valence electrons. The zero-order chi connectivity index (χ0) is 14.4. The number of ether oxygens (including phenoxy) is 1. The van der Waals surface area contributed by atoms with Gasteiger partial charge in [0.2, 0.25) is 0 Å². The Hall–Kier alpha value is -1.26. The van der Waals surface area contributed by atoms with Crippen molar-refractivity contribution in [1.29, 1.82) is 0 Å². The maximum Gasteiger partial charge on any atom is 0.317 e. The molecule has 1 heterocycles. The van der Waals surface area contributed by atoms with Crippen LogP contribution in [-0.2, 0) is 11.3 Å². The third-order valence-electron chi connectivity index (χ3n) is 3.49. The van der Waals surface area contributed by atoms with Crippen molar-refractivity contribution in [2.24, 2.45) is 0 Å². The minimum absolute atomic E-state index is 0.0981. The average molecular weight is 297 g/mol. The van der Waals surface area contributed by atoms with E-state index in [4.69, 9.17) is 16.3 Å². The van der Waals surface area contributed by atoms with E-state index in [2.05, 4.69) is 5.32 Å². The summed E-state index contributed by atoms with van der Waals surface area (Å²) in [6.07, 6.45) is 3.50. The number of urea groups is 1. The molecule has 0 saturated carbocycles. The standard InChI is InChI=1S/C15H21ClN2O2/c1-18(11-13-7-4-5-9-20-13)15(19)17-10-12-6-2-3-8-14(12)16/h2-3,6,8,13H,4-5,7,9-11H2,1H3,(H,17,19). The van der Waals surface area contributed by atoms with Crippen molar-refractivity contribution in [2.45, 2.75) is 31.9 Å². The number of carbonyl (C=O) groups excluding carboxylic acids is 1. The van der Waals surface area contributed by atoms with Gasteiger partial charge in [-0.25, -0.2) is 4.79 Å². The van der Waals surface area contributed by atoms with Crippen LogP contribution in [0.15, 0.2) is 24.3 Å². The Balaban J connectivity index is 1.77. The second kappa shape index (κ2) is 7.50. The molecule has 2 rings (SSSR count). The van der Waals surface area contributed by atoms with Crippen LogP contribution in [0.5, 0.6) is 0 Å². The molecular weight excluding hydrogens is 276 g/mol. The molecule has 0 aliphatic carbocycles. The van der Waals surface area contributed by atoms with Crippen LogP contribution in [0, 0.1) is 0 Å². The molecule has 1 atom stereocenters. The summed E-state index contributed by atoms with van der Waals surface area (Å²) in [5.41, 5.74) is 0.921. The highest BCUT2D eigenvalue weighted by Crippen LogP contribution is 2.15. The van der Waals surface area contributed by atoms with Crippen molar-refractivity contribution in [3.8, 4) is 0 Å². The molecule has 0 aromatic heterocycles. The quantitative estimate of drug-likeness (QED) is 0.928. The van der Waals surface area contributed by atoms with Crippen molar-refractivity contribution in [3.63, 3.8) is 0 Å². The van der Waals surface area contributed by atoms with Gasteiger partial charge in [-0.3, -0.25) is 0 Å². The van der Waals surface area contributed by atoms with Crippen LogP contribution in [0.25, 0.3) is 0 Å². The van der Waals surface area contributed by atoms with Gasteiger partial charge in [-0.1, -0.05) is 29.8 Å². The Morgan fingerprint density at radius 2 is 2.25 bits per heavy atom. The zero-order valence-corrected chi connectivity index (χ0v) is 12.5. The summed E-state index contributed by atoms with van der Waals surface area (Å²) in [5.74, 6) is 0. The van der Waals surface area contributed by atoms with Crippen molar-refractivity contribution in [1.82, 2.24) is 10.2 Å². The van der Waals surface area contributed by atoms with E-state index in [-0.39, 0.29) is 12.1 Å². The van der Waals surface area contributed by atoms with Gasteiger partial charge in [-0.15, -0.1) is 0 Å². The van der Waals surface area contributed by atoms with Gasteiger partial charge >= 0.3 is 6.03 Å². The maximum atomic E-state index is 12.0. The zero-order valence-electron chi connectivity index (χ0n) is 11.8. The number of benzene rings is 1. The molecule has 2 amide bonds. The largest absolute Gasteiger partial charge is 0.376 e. The SMILES string of the molecule is CN(CC1CCCCO1)C(=O)NCc1ccccc1Cl. The highest BCUT2D eigenvalue weighted by atomic mass is 35.5. The average Bonchev–Trinajstić information content (AvgIpc) is 2.47. The van der Waals surface area contributed by atoms with Gasteiger partial charge in [0.15, 0.2) is 0 Å². The molecule has 0 radical (unpaired) electrons. The number of likely N-dealkylation sites (N-methyl/N-ethyl adjacent to an activating group) is 1. The van der Waals surface area contributed by atoms with Gasteiger partial charge in [0.05, 0.1) is 6.10 Å². The topological polar surface area (TPSA) is 41.6 Å². The summed E-state index contributed by atoms with van der Waals surface area (Å²) in [7, 11) is 1.79. The van der Waals surface area contributed by atoms with E-state index in [1.54, 1.807) is 11.9 Å². The van der Waals surface area contributed by atoms with Crippen molar-refractivity contribution in [2.75, 3.05) is 20.2 Å². The van der Waals surface area contributed by atoms with Crippen LogP contribution in [0.1, 0.15) is 24.8 Å². The summed E-state index contributed by atoms with van der Waals surface area (Å²) >= 11 is 6.06. The van der Waals surface area contributed by atoms with Crippen LogP contribution in [0.4, 0.5) is 4.79 Å². The first-order valence-electron chi connectivity index (χ1n) is 7.01. The summed E-state index contributed by atoms with van der Waals surface area (Å²) in [6, 6.07) is 7.42. The lowest BCUT2D eigenvalue weighted by atomic mass is 10.1. The van der Waals surface area contributed by atoms with Gasteiger partial charge in [-0.05, 0) is 30.9 Å². The first kappa shape index (κ1) is 15.1. The normalized spacial score (nSPS) is 18.6. The third-order valence-corrected chi connectivity index (χ3v) is 3.85. The molecule has 5 heteroatoms. The number of nitrogens with one attached hydrogen (secondary N) is 1. The number of amides is 2. The Labute approximate surface area is 125 Å². The number of nitrogens with zero attached hydrogens (tertiary/aromatic N) is 1. The first-order valence-corrected chi connectivity index (χ1v) is 7.38. The number of hydrogen-bond acceptors (Lipinski definition) is 2. The fourth-order valence-corrected chi connectivity index (χ4v) is 2.49. The summed E-state index contributed by atoms with van der Waals surface area (Å²) in [4.78, 5) is 13.7. The molecule has 1 unspecified atom stereocenters. The van der Waals surface area contributed by atoms with Crippen molar-refractivity contribution in [3.05, 3.63) is 34.9 Å². The maximum absolute atomic E-state index is 12.0. The van der Waals surface area contributed by atoms with E-state index >= 15 is 0 Å². The Morgan fingerprint density at radius 1 is 1.45 bits per heavy atom. The van der Waals surface area contributed by atoms with E-state index in [0.29, 0.717) is 18.1 Å². The van der Waals surface area contributed by atoms with Gasteiger partial charge in [0, 0.05) is 31.8 Å². The molecule has 0 spiro atoms. The molecule has 1 fully saturated rings. The van der Waals surface area contributed by atoms with Crippen LogP contribution in [0.2, 0.25) is 5.02 Å². The lowest BCUT2D eigenvalue weighted by Crippen LogP contribution is -2.42. The number of carbonyl (C=O) groups is 1. The third kappa shape index (κ3) is 4.39. The molecule has 20 heavy (non-hydrogen) atoms. The molecule has 1 aliphatic heterocycles. The van der Waals surface area contributed by atoms with Crippen molar-refractivity contribution >= 4 is 17.6 Å². The monoisotopic (exact) mass is 296 g/mol. The van der Waals surface area contributed by atoms with E-state index in [1.165, 1.54) is 6.42 Å². The van der Waals surface area contributed by atoms with Gasteiger partial charge < -0.3 is 15.0 Å². The number of halogens is 1. The van der Waals surface area contributed by atoms with Crippen molar-refractivity contribution < 1.29 is 9.53 Å². The van der Waals surface area contributed by atoms with E-state index in [1.807, 2.05) is 24.3 Å². The second-order valence-corrected chi connectivity index (χ2v) is 5.53. The molecular formula is C15H21ClN2O2. The molecule has 1 N–H and O–H groups in total. The Bertz CT molecular complexity index is 447. The number of rotatable bonds is 4. The Kier molecular flexibility index (Phi) is 5.68. The Morgan fingerprint density at radius 3 is 2.95 bits per heavy atom. The lowest BCUT2D eigenvalue weighted by molar-refractivity contribution is 0.00385. The second-order valence-electron chi connectivity index (χ2n) is 5.12. The molecule has 1 saturated heterocycles. The first-order chi connectivity index (χ1) is 9.66. The van der Waals surface area contributed by atoms with Crippen LogP contribution >= 0.6 is 11.6 Å². The van der Waals surface area contributed by atoms with E-state index < -0.39 is 0 Å². The van der Waals surface area contributed by atoms with Gasteiger partial charge in [-0.2, -0.15) is 0 Å². The smallest absolute Gasteiger partial charge is 0.317 e. The summed E-state index contributed by atoms with van der Waals surface area (Å²) < 4.78 is 5.64. The molecule has 1 aromatic rings. The molecule has 1 aliphatic rings. The van der Waals surface area contributed by atoms with E-state index in [0.717, 1.165) is 25.0 Å². The summed E-state index contributed by atoms with van der Waals surface area (Å²) in [5, 5.41) is 3.55. The predicted molar refractivity (Wildman–Crippen MR) is 79.9 cm³/mol. The van der Waals surface area contributed by atoms with Gasteiger partial charge in [0.25, 0.3) is 0 Å². The molecule has 0 bridgehead atoms. The highest BCUT2D eigenvalue weighted by molar-refractivity contribution is 6.31. The number of hydrogen-bond donors (Lipinski definition) is 1.